The molecule has 1 amide bonds. The molecule has 2 aromatic heterocycles. The van der Waals surface area contributed by atoms with Crippen molar-refractivity contribution in [2.75, 3.05) is 20.8 Å². The van der Waals surface area contributed by atoms with Crippen LogP contribution in [0.5, 0.6) is 0 Å². The normalized spacial score (nSPS) is 14.8. The Morgan fingerprint density at radius 2 is 1.83 bits per heavy atom. The number of fused-ring (bicyclic) bond motifs is 2. The maximum atomic E-state index is 13.6. The molecule has 0 bridgehead atoms. The second-order valence-corrected chi connectivity index (χ2v) is 9.11. The van der Waals surface area contributed by atoms with Crippen LogP contribution in [0.15, 0.2) is 70.5 Å². The highest BCUT2D eigenvalue weighted by molar-refractivity contribution is 5.77. The Kier molecular flexibility index (Phi) is 6.56. The minimum absolute atomic E-state index is 0.0769. The summed E-state index contributed by atoms with van der Waals surface area (Å²) in [5, 5.41) is 0. The van der Waals surface area contributed by atoms with Gasteiger partial charge in [0.15, 0.2) is 11.2 Å². The molecular formula is C27H29N5O4. The average Bonchev–Trinajstić information content (AvgIpc) is 3.52. The number of aromatic nitrogens is 4. The van der Waals surface area contributed by atoms with Gasteiger partial charge < -0.3 is 14.2 Å². The Morgan fingerprint density at radius 1 is 1.08 bits per heavy atom. The van der Waals surface area contributed by atoms with Crippen LogP contribution in [0.2, 0.25) is 0 Å². The molecule has 9 heteroatoms. The van der Waals surface area contributed by atoms with Crippen molar-refractivity contribution < 1.29 is 9.53 Å². The first-order valence-corrected chi connectivity index (χ1v) is 12.0. The zero-order chi connectivity index (χ0) is 25.2. The van der Waals surface area contributed by atoms with Gasteiger partial charge in [0.1, 0.15) is 6.54 Å². The fourth-order valence-electron chi connectivity index (χ4n) is 5.00. The molecule has 1 aliphatic carbocycles. The highest BCUT2D eigenvalue weighted by atomic mass is 16.5. The van der Waals surface area contributed by atoms with Crippen LogP contribution in [0.1, 0.15) is 29.2 Å². The van der Waals surface area contributed by atoms with Gasteiger partial charge in [0.2, 0.25) is 5.91 Å². The third kappa shape index (κ3) is 4.26. The van der Waals surface area contributed by atoms with Gasteiger partial charge in [-0.3, -0.25) is 14.2 Å². The molecule has 0 N–H and O–H groups in total. The summed E-state index contributed by atoms with van der Waals surface area (Å²) in [6.07, 6.45) is 3.25. The van der Waals surface area contributed by atoms with Gasteiger partial charge in [-0.05, 0) is 29.5 Å². The number of benzene rings is 2. The standard InChI is InChI=1S/C27H29N5O4/c1-29(22-13-12-20-10-6-7-11-21(20)22)23(33)17-32-26(34)24-25(28-18-30(24)14-15-36-2)31(27(32)35)16-19-8-4-3-5-9-19/h3-11,18,22H,12-17H2,1-2H3/t22-/m1/s1. The number of nitrogens with zero attached hydrogens (tertiary/aromatic N) is 5. The van der Waals surface area contributed by atoms with E-state index in [1.165, 1.54) is 10.1 Å². The molecule has 9 nitrogen and oxygen atoms in total. The lowest BCUT2D eigenvalue weighted by molar-refractivity contribution is -0.132. The number of hydrogen-bond donors (Lipinski definition) is 0. The molecule has 0 radical (unpaired) electrons. The molecule has 2 aromatic carbocycles. The summed E-state index contributed by atoms with van der Waals surface area (Å²) in [5.74, 6) is -0.288. The predicted octanol–water partition coefficient (Wildman–Crippen LogP) is 2.20. The van der Waals surface area contributed by atoms with E-state index >= 15 is 0 Å². The summed E-state index contributed by atoms with van der Waals surface area (Å²) < 4.78 is 9.36. The van der Waals surface area contributed by atoms with E-state index in [1.807, 2.05) is 48.5 Å². The van der Waals surface area contributed by atoms with Crippen LogP contribution in [0, 0.1) is 0 Å². The number of imidazole rings is 1. The molecule has 4 aromatic rings. The van der Waals surface area contributed by atoms with Crippen molar-refractivity contribution in [3.63, 3.8) is 0 Å². The average molecular weight is 488 g/mol. The van der Waals surface area contributed by atoms with Crippen molar-refractivity contribution in [2.24, 2.45) is 0 Å². The first-order valence-electron chi connectivity index (χ1n) is 12.0. The van der Waals surface area contributed by atoms with E-state index in [-0.39, 0.29) is 30.6 Å². The maximum absolute atomic E-state index is 13.6. The van der Waals surface area contributed by atoms with E-state index in [1.54, 1.807) is 30.0 Å². The topological polar surface area (TPSA) is 91.4 Å². The minimum atomic E-state index is -0.554. The Labute approximate surface area is 208 Å². The van der Waals surface area contributed by atoms with Gasteiger partial charge in [0.25, 0.3) is 5.56 Å². The summed E-state index contributed by atoms with van der Waals surface area (Å²) in [7, 11) is 3.32. The van der Waals surface area contributed by atoms with Crippen molar-refractivity contribution in [2.45, 2.75) is 38.5 Å². The van der Waals surface area contributed by atoms with E-state index in [9.17, 15) is 14.4 Å². The van der Waals surface area contributed by atoms with Gasteiger partial charge in [0, 0.05) is 20.7 Å². The van der Waals surface area contributed by atoms with Gasteiger partial charge in [-0.25, -0.2) is 14.3 Å². The second-order valence-electron chi connectivity index (χ2n) is 9.11. The SMILES string of the molecule is COCCn1cnc2c1c(=O)n(CC(=O)N(C)[C@@H]1CCc3ccccc31)c(=O)n2Cc1ccccc1. The minimum Gasteiger partial charge on any atom is -0.383 e. The highest BCUT2D eigenvalue weighted by Crippen LogP contribution is 2.34. The smallest absolute Gasteiger partial charge is 0.333 e. The Balaban J connectivity index is 1.55. The number of likely N-dealkylation sites (N-methyl/N-ethyl adjacent to an activating group) is 1. The summed E-state index contributed by atoms with van der Waals surface area (Å²) in [4.78, 5) is 46.6. The van der Waals surface area contributed by atoms with Crippen molar-refractivity contribution in [1.29, 1.82) is 0 Å². The molecule has 0 fully saturated rings. The van der Waals surface area contributed by atoms with Crippen molar-refractivity contribution in [3.05, 3.63) is 98.5 Å². The number of amides is 1. The Morgan fingerprint density at radius 3 is 2.61 bits per heavy atom. The van der Waals surface area contributed by atoms with Crippen LogP contribution in [0.4, 0.5) is 0 Å². The lowest BCUT2D eigenvalue weighted by Crippen LogP contribution is -2.45. The first kappa shape index (κ1) is 23.7. The van der Waals surface area contributed by atoms with Crippen LogP contribution in [-0.4, -0.2) is 50.3 Å². The van der Waals surface area contributed by atoms with E-state index in [0.717, 1.165) is 28.5 Å². The number of carbonyl (C=O) groups excluding carboxylic acids is 1. The molecule has 36 heavy (non-hydrogen) atoms. The van der Waals surface area contributed by atoms with Crippen LogP contribution < -0.4 is 11.2 Å². The van der Waals surface area contributed by atoms with Crippen LogP contribution in [-0.2, 0) is 35.6 Å². The molecular weight excluding hydrogens is 458 g/mol. The quantitative estimate of drug-likeness (QED) is 0.380. The third-order valence-corrected chi connectivity index (χ3v) is 6.96. The van der Waals surface area contributed by atoms with Crippen molar-refractivity contribution >= 4 is 17.1 Å². The van der Waals surface area contributed by atoms with Gasteiger partial charge in [-0.1, -0.05) is 54.6 Å². The predicted molar refractivity (Wildman–Crippen MR) is 136 cm³/mol. The number of ether oxygens (including phenoxy) is 1. The van der Waals surface area contributed by atoms with Crippen LogP contribution in [0.25, 0.3) is 11.2 Å². The lowest BCUT2D eigenvalue weighted by Gasteiger charge is -2.26. The molecule has 5 rings (SSSR count). The van der Waals surface area contributed by atoms with Gasteiger partial charge in [-0.15, -0.1) is 0 Å². The van der Waals surface area contributed by atoms with E-state index < -0.39 is 11.2 Å². The largest absolute Gasteiger partial charge is 0.383 e. The number of hydrogen-bond acceptors (Lipinski definition) is 5. The summed E-state index contributed by atoms with van der Waals surface area (Å²) in [6.45, 7) is 0.675. The van der Waals surface area contributed by atoms with E-state index in [2.05, 4.69) is 11.1 Å². The summed E-state index contributed by atoms with van der Waals surface area (Å²) >= 11 is 0. The fraction of sp³-hybridized carbons (Fsp3) is 0.333. The molecule has 0 saturated carbocycles. The van der Waals surface area contributed by atoms with E-state index in [4.69, 9.17) is 4.74 Å². The molecule has 1 atom stereocenters. The molecule has 0 aliphatic heterocycles. The Hall–Kier alpha value is -3.98. The Bertz CT molecular complexity index is 1520. The first-order chi connectivity index (χ1) is 17.5. The second kappa shape index (κ2) is 9.94. The number of aryl methyl sites for hydroxylation is 1. The lowest BCUT2D eigenvalue weighted by atomic mass is 10.1. The van der Waals surface area contributed by atoms with Crippen molar-refractivity contribution in [1.82, 2.24) is 23.6 Å². The molecule has 186 valence electrons. The maximum Gasteiger partial charge on any atom is 0.333 e. The zero-order valence-corrected chi connectivity index (χ0v) is 20.5. The van der Waals surface area contributed by atoms with E-state index in [0.29, 0.717) is 18.8 Å². The molecule has 0 spiro atoms. The summed E-state index contributed by atoms with van der Waals surface area (Å²) in [6, 6.07) is 17.5. The number of carbonyl (C=O) groups is 1. The van der Waals surface area contributed by atoms with Crippen LogP contribution >= 0.6 is 0 Å². The van der Waals surface area contributed by atoms with Crippen molar-refractivity contribution in [3.8, 4) is 0 Å². The number of rotatable bonds is 8. The fourth-order valence-corrected chi connectivity index (χ4v) is 5.00. The highest BCUT2D eigenvalue weighted by Gasteiger charge is 2.29. The summed E-state index contributed by atoms with van der Waals surface area (Å²) in [5.41, 5.74) is 2.74. The van der Waals surface area contributed by atoms with Gasteiger partial charge >= 0.3 is 5.69 Å². The number of methoxy groups -OCH3 is 1. The molecule has 0 unspecified atom stereocenters. The van der Waals surface area contributed by atoms with Gasteiger partial charge in [-0.2, -0.15) is 0 Å². The molecule has 0 saturated heterocycles. The molecule has 2 heterocycles. The van der Waals surface area contributed by atoms with Gasteiger partial charge in [0.05, 0.1) is 25.5 Å². The molecule has 1 aliphatic rings. The third-order valence-electron chi connectivity index (χ3n) is 6.96. The monoisotopic (exact) mass is 487 g/mol. The van der Waals surface area contributed by atoms with Crippen LogP contribution in [0.3, 0.4) is 0 Å². The zero-order valence-electron chi connectivity index (χ0n) is 20.5.